The summed E-state index contributed by atoms with van der Waals surface area (Å²) in [5, 5.41) is 0.817. The van der Waals surface area contributed by atoms with Gasteiger partial charge in [-0.25, -0.2) is 0 Å². The number of aromatic nitrogens is 1. The average molecular weight is 253 g/mol. The Morgan fingerprint density at radius 1 is 1.35 bits per heavy atom. The van der Waals surface area contributed by atoms with Crippen molar-refractivity contribution in [1.82, 2.24) is 4.98 Å². The molecule has 0 aliphatic heterocycles. The highest BCUT2D eigenvalue weighted by molar-refractivity contribution is 7.17. The molecule has 0 spiro atoms. The molecule has 0 aliphatic rings. The van der Waals surface area contributed by atoms with E-state index in [-0.39, 0.29) is 5.56 Å². The second-order valence-corrected chi connectivity index (χ2v) is 4.83. The van der Waals surface area contributed by atoms with Crippen LogP contribution in [0.5, 0.6) is 0 Å². The molecule has 0 aliphatic carbocycles. The number of para-hydroxylation sites is 1. The first-order valence-corrected chi connectivity index (χ1v) is 6.07. The third-order valence-electron chi connectivity index (χ3n) is 2.79. The Kier molecular flexibility index (Phi) is 3.13. The fourth-order valence-electron chi connectivity index (χ4n) is 2.02. The first kappa shape index (κ1) is 12.4. The van der Waals surface area contributed by atoms with Crippen LogP contribution in [0.25, 0.3) is 10.9 Å². The van der Waals surface area contributed by atoms with Crippen LogP contribution < -0.4 is 0 Å². The lowest BCUT2D eigenvalue weighted by molar-refractivity contribution is 0.105. The van der Waals surface area contributed by atoms with E-state index >= 15 is 0 Å². The fourth-order valence-corrected chi connectivity index (χ4v) is 2.26. The molecule has 1 heterocycles. The minimum atomic E-state index is -2.94. The van der Waals surface area contributed by atoms with Crippen LogP contribution in [0.4, 0.5) is 8.78 Å². The van der Waals surface area contributed by atoms with Crippen molar-refractivity contribution in [1.29, 1.82) is 0 Å². The number of halogens is 2. The minimum Gasteiger partial charge on any atom is -0.253 e. The number of hydrogen-bond acceptors (Lipinski definition) is 1. The molecule has 17 heavy (non-hydrogen) atoms. The average Bonchev–Trinajstić information content (AvgIpc) is 2.25. The van der Waals surface area contributed by atoms with Gasteiger partial charge in [0.1, 0.15) is 0 Å². The predicted octanol–water partition coefficient (Wildman–Crippen LogP) is 4.03. The van der Waals surface area contributed by atoms with E-state index in [4.69, 9.17) is 0 Å². The number of rotatable bonds is 2. The first-order valence-electron chi connectivity index (χ1n) is 5.50. The van der Waals surface area contributed by atoms with E-state index in [9.17, 15) is 8.78 Å². The van der Waals surface area contributed by atoms with E-state index < -0.39 is 5.66 Å². The molecular formula is C13H14F2NP. The van der Waals surface area contributed by atoms with Gasteiger partial charge in [0.15, 0.2) is 0 Å². The van der Waals surface area contributed by atoms with E-state index in [1.54, 1.807) is 15.3 Å². The molecule has 0 fully saturated rings. The van der Waals surface area contributed by atoms with Gasteiger partial charge in [-0.1, -0.05) is 34.4 Å². The summed E-state index contributed by atoms with van der Waals surface area (Å²) in [6.45, 7) is 3.84. The van der Waals surface area contributed by atoms with Gasteiger partial charge < -0.3 is 0 Å². The molecule has 2 aromatic rings. The summed E-state index contributed by atoms with van der Waals surface area (Å²) < 4.78 is 26.9. The lowest BCUT2D eigenvalue weighted by Gasteiger charge is -2.14. The van der Waals surface area contributed by atoms with E-state index in [2.05, 4.69) is 4.98 Å². The summed E-state index contributed by atoms with van der Waals surface area (Å²) in [6, 6.07) is 6.89. The number of benzene rings is 1. The number of fused-ring (bicyclic) bond motifs is 1. The maximum atomic E-state index is 13.5. The van der Waals surface area contributed by atoms with Gasteiger partial charge in [-0.2, -0.15) is 8.78 Å². The van der Waals surface area contributed by atoms with Gasteiger partial charge in [-0.3, -0.25) is 4.98 Å². The van der Waals surface area contributed by atoms with Gasteiger partial charge in [0, 0.05) is 11.1 Å². The predicted molar refractivity (Wildman–Crippen MR) is 69.5 cm³/mol. The van der Waals surface area contributed by atoms with Crippen molar-refractivity contribution in [3.05, 3.63) is 41.1 Å². The molecule has 1 aromatic carbocycles. The molecule has 0 N–H and O–H groups in total. The zero-order valence-electron chi connectivity index (χ0n) is 9.80. The lowest BCUT2D eigenvalue weighted by Crippen LogP contribution is -2.05. The van der Waals surface area contributed by atoms with E-state index in [0.29, 0.717) is 5.52 Å². The molecule has 0 bridgehead atoms. The number of hydrogen-bond donors (Lipinski definition) is 0. The Hall–Kier alpha value is -1.08. The van der Waals surface area contributed by atoms with Crippen LogP contribution in [0.3, 0.4) is 0 Å². The van der Waals surface area contributed by atoms with Crippen molar-refractivity contribution in [2.45, 2.75) is 25.9 Å². The summed E-state index contributed by atoms with van der Waals surface area (Å²) in [5.74, 6) is 0. The van der Waals surface area contributed by atoms with Crippen molar-refractivity contribution < 1.29 is 8.78 Å². The Labute approximate surface area is 101 Å². The third-order valence-corrected chi connectivity index (χ3v) is 3.10. The number of aryl methyl sites for hydroxylation is 2. The van der Waals surface area contributed by atoms with Gasteiger partial charge in [0.05, 0.1) is 11.1 Å². The van der Waals surface area contributed by atoms with Crippen LogP contribution in [0.1, 0.15) is 23.7 Å². The van der Waals surface area contributed by atoms with Crippen LogP contribution in [0, 0.1) is 6.92 Å². The van der Waals surface area contributed by atoms with Gasteiger partial charge in [-0.05, 0) is 25.0 Å². The highest BCUT2D eigenvalue weighted by atomic mass is 31.0. The maximum absolute atomic E-state index is 13.5. The summed E-state index contributed by atoms with van der Waals surface area (Å²) in [7, 11) is 1.58. The molecule has 90 valence electrons. The standard InChI is InChI=1S/C13H14F2NP/c1-3-9-7-8(2)16-12-10(9)5-4-6-11(12)13(14,15)17/h4-7H,3,17H2,1-2H3. The number of alkyl halides is 2. The largest absolute Gasteiger partial charge is 0.285 e. The van der Waals surface area contributed by atoms with Gasteiger partial charge in [0.25, 0.3) is 5.66 Å². The monoisotopic (exact) mass is 253 g/mol. The van der Waals surface area contributed by atoms with Gasteiger partial charge >= 0.3 is 0 Å². The smallest absolute Gasteiger partial charge is 0.253 e. The maximum Gasteiger partial charge on any atom is 0.285 e. The van der Waals surface area contributed by atoms with E-state index in [1.165, 1.54) is 6.07 Å². The molecule has 1 nitrogen and oxygen atoms in total. The van der Waals surface area contributed by atoms with E-state index in [0.717, 1.165) is 23.1 Å². The fraction of sp³-hybridized carbons (Fsp3) is 0.308. The van der Waals surface area contributed by atoms with Crippen LogP contribution in [0.15, 0.2) is 24.3 Å². The van der Waals surface area contributed by atoms with E-state index in [1.807, 2.05) is 26.0 Å². The molecule has 1 atom stereocenters. The molecule has 4 heteroatoms. The number of pyridine rings is 1. The highest BCUT2D eigenvalue weighted by Gasteiger charge is 2.27. The Morgan fingerprint density at radius 3 is 2.65 bits per heavy atom. The third kappa shape index (κ3) is 2.30. The lowest BCUT2D eigenvalue weighted by atomic mass is 10.0. The summed E-state index contributed by atoms with van der Waals surface area (Å²) in [4.78, 5) is 4.26. The van der Waals surface area contributed by atoms with Crippen molar-refractivity contribution in [2.24, 2.45) is 0 Å². The molecule has 0 radical (unpaired) electrons. The Balaban J connectivity index is 2.85. The normalized spacial score (nSPS) is 12.1. The first-order chi connectivity index (χ1) is 7.93. The minimum absolute atomic E-state index is 0.0293. The van der Waals surface area contributed by atoms with Crippen molar-refractivity contribution >= 4 is 20.1 Å². The molecule has 2 rings (SSSR count). The number of nitrogens with zero attached hydrogens (tertiary/aromatic N) is 1. The summed E-state index contributed by atoms with van der Waals surface area (Å²) in [5.41, 5.74) is -0.729. The molecular weight excluding hydrogens is 239 g/mol. The molecule has 0 amide bonds. The quantitative estimate of drug-likeness (QED) is 0.736. The topological polar surface area (TPSA) is 12.9 Å². The molecule has 1 aromatic heterocycles. The molecule has 1 unspecified atom stereocenters. The van der Waals surface area contributed by atoms with Crippen molar-refractivity contribution in [2.75, 3.05) is 0 Å². The zero-order valence-corrected chi connectivity index (χ0v) is 11.0. The van der Waals surface area contributed by atoms with Gasteiger partial charge in [0.2, 0.25) is 0 Å². The Morgan fingerprint density at radius 2 is 2.06 bits per heavy atom. The van der Waals surface area contributed by atoms with Crippen LogP contribution in [-0.4, -0.2) is 4.98 Å². The summed E-state index contributed by atoms with van der Waals surface area (Å²) in [6.07, 6.45) is 0.811. The SMILES string of the molecule is CCc1cc(C)nc2c(C(F)(F)P)cccc12. The summed E-state index contributed by atoms with van der Waals surface area (Å²) >= 11 is 0. The second kappa shape index (κ2) is 4.30. The van der Waals surface area contributed by atoms with Crippen LogP contribution >= 0.6 is 9.24 Å². The highest BCUT2D eigenvalue weighted by Crippen LogP contribution is 2.38. The Bertz CT molecular complexity index is 561. The van der Waals surface area contributed by atoms with Crippen LogP contribution in [0.2, 0.25) is 0 Å². The second-order valence-electron chi connectivity index (χ2n) is 4.10. The van der Waals surface area contributed by atoms with Crippen molar-refractivity contribution in [3.63, 3.8) is 0 Å². The van der Waals surface area contributed by atoms with Crippen LogP contribution in [-0.2, 0) is 12.1 Å². The van der Waals surface area contributed by atoms with Crippen molar-refractivity contribution in [3.8, 4) is 0 Å². The van der Waals surface area contributed by atoms with Gasteiger partial charge in [-0.15, -0.1) is 0 Å². The molecule has 0 saturated carbocycles. The molecule has 0 saturated heterocycles. The zero-order chi connectivity index (χ0) is 12.6.